The van der Waals surface area contributed by atoms with Crippen LogP contribution < -0.4 is 4.84 Å². The van der Waals surface area contributed by atoms with Crippen molar-refractivity contribution in [3.63, 3.8) is 0 Å². The molecule has 0 aliphatic carbocycles. The Bertz CT molecular complexity index is 113. The van der Waals surface area contributed by atoms with Crippen LogP contribution in [0, 0.1) is 0 Å². The van der Waals surface area contributed by atoms with E-state index in [1.807, 2.05) is 6.92 Å². The van der Waals surface area contributed by atoms with E-state index in [-0.39, 0.29) is 5.25 Å². The summed E-state index contributed by atoms with van der Waals surface area (Å²) in [6.07, 6.45) is 0. The van der Waals surface area contributed by atoms with Crippen LogP contribution in [0.3, 0.4) is 0 Å². The average Bonchev–Trinajstić information content (AvgIpc) is 1.85. The van der Waals surface area contributed by atoms with Crippen LogP contribution in [0.4, 0.5) is 4.79 Å². The molecular formula is C4H8ClNO2S2. The molecule has 0 radical (unpaired) electrons. The molecule has 0 saturated heterocycles. The molecule has 10 heavy (non-hydrogen) atoms. The quantitative estimate of drug-likeness (QED) is 0.540. The summed E-state index contributed by atoms with van der Waals surface area (Å²) in [7, 11) is 2.09. The highest BCUT2D eigenvalue weighted by atomic mass is 35.5. The second-order valence-corrected chi connectivity index (χ2v) is 4.45. The van der Waals surface area contributed by atoms with E-state index in [9.17, 15) is 4.79 Å². The van der Waals surface area contributed by atoms with Crippen LogP contribution in [0.1, 0.15) is 6.92 Å². The Morgan fingerprint density at radius 3 is 2.90 bits per heavy atom. The largest absolute Gasteiger partial charge is 0.473 e. The van der Waals surface area contributed by atoms with Crippen molar-refractivity contribution in [1.29, 1.82) is 0 Å². The first-order valence-electron chi connectivity index (χ1n) is 2.56. The lowest BCUT2D eigenvalue weighted by molar-refractivity contribution is 0.222. The molecule has 0 bridgehead atoms. The summed E-state index contributed by atoms with van der Waals surface area (Å²) < 4.78 is 0. The predicted octanol–water partition coefficient (Wildman–Crippen LogP) is 2.18. The maximum Gasteiger partial charge on any atom is 0.375 e. The van der Waals surface area contributed by atoms with Gasteiger partial charge in [0.2, 0.25) is 0 Å². The molecule has 0 heterocycles. The average molecular weight is 202 g/mol. The minimum Gasteiger partial charge on any atom is -0.473 e. The van der Waals surface area contributed by atoms with Crippen LogP contribution in [0.25, 0.3) is 0 Å². The van der Waals surface area contributed by atoms with Crippen molar-refractivity contribution in [2.45, 2.75) is 12.2 Å². The highest BCUT2D eigenvalue weighted by molar-refractivity contribution is 8.82. The van der Waals surface area contributed by atoms with Crippen LogP contribution >= 0.6 is 33.4 Å². The van der Waals surface area contributed by atoms with Crippen LogP contribution in [-0.2, 0) is 0 Å². The monoisotopic (exact) mass is 201 g/mol. The van der Waals surface area contributed by atoms with Crippen LogP contribution in [0.5, 0.6) is 0 Å². The molecule has 0 aliphatic heterocycles. The van der Waals surface area contributed by atoms with E-state index in [4.69, 9.17) is 16.9 Å². The first-order valence-corrected chi connectivity index (χ1v) is 5.15. The van der Waals surface area contributed by atoms with Gasteiger partial charge in [0.25, 0.3) is 0 Å². The first kappa shape index (κ1) is 10.4. The van der Waals surface area contributed by atoms with Gasteiger partial charge in [-0.1, -0.05) is 17.7 Å². The van der Waals surface area contributed by atoms with Gasteiger partial charge in [-0.2, -0.15) is 0 Å². The second kappa shape index (κ2) is 6.15. The Morgan fingerprint density at radius 1 is 1.90 bits per heavy atom. The van der Waals surface area contributed by atoms with Crippen molar-refractivity contribution in [3.05, 3.63) is 0 Å². The molecule has 1 atom stereocenters. The van der Waals surface area contributed by atoms with Gasteiger partial charge in [0.15, 0.2) is 0 Å². The minimum absolute atomic E-state index is 0.207. The number of rotatable bonds is 4. The normalized spacial score (nSPS) is 13.0. The molecule has 1 unspecified atom stereocenters. The molecule has 0 spiro atoms. The Balaban J connectivity index is 3.21. The van der Waals surface area contributed by atoms with Gasteiger partial charge in [0, 0.05) is 22.6 Å². The Hall–Kier alpha value is 0.420. The SMILES string of the molecule is CC(CNCl)SSC(=O)O. The van der Waals surface area contributed by atoms with Gasteiger partial charge < -0.3 is 5.11 Å². The Morgan fingerprint density at radius 2 is 2.50 bits per heavy atom. The van der Waals surface area contributed by atoms with Gasteiger partial charge in [0.05, 0.1) is 0 Å². The molecule has 0 amide bonds. The summed E-state index contributed by atoms with van der Waals surface area (Å²) in [5, 5.41) is 7.56. The summed E-state index contributed by atoms with van der Waals surface area (Å²) in [6, 6.07) is 0. The predicted molar refractivity (Wildman–Crippen MR) is 46.5 cm³/mol. The molecule has 60 valence electrons. The van der Waals surface area contributed by atoms with E-state index >= 15 is 0 Å². The Kier molecular flexibility index (Phi) is 6.41. The lowest BCUT2D eigenvalue weighted by Gasteiger charge is -2.04. The molecule has 0 aromatic heterocycles. The molecular weight excluding hydrogens is 194 g/mol. The van der Waals surface area contributed by atoms with Gasteiger partial charge >= 0.3 is 5.30 Å². The number of nitrogens with one attached hydrogen (secondary N) is 1. The zero-order valence-electron chi connectivity index (χ0n) is 5.33. The molecule has 2 N–H and O–H groups in total. The molecule has 3 nitrogen and oxygen atoms in total. The third-order valence-electron chi connectivity index (χ3n) is 0.648. The summed E-state index contributed by atoms with van der Waals surface area (Å²) >= 11 is 5.19. The van der Waals surface area contributed by atoms with Crippen molar-refractivity contribution in [2.75, 3.05) is 6.54 Å². The van der Waals surface area contributed by atoms with Gasteiger partial charge in [0.1, 0.15) is 0 Å². The van der Waals surface area contributed by atoms with E-state index in [1.54, 1.807) is 0 Å². The summed E-state index contributed by atoms with van der Waals surface area (Å²) in [6.45, 7) is 2.50. The molecule has 0 fully saturated rings. The van der Waals surface area contributed by atoms with Crippen LogP contribution in [0.2, 0.25) is 0 Å². The molecule has 0 aliphatic rings. The maximum atomic E-state index is 10.00. The van der Waals surface area contributed by atoms with E-state index in [2.05, 4.69) is 4.84 Å². The van der Waals surface area contributed by atoms with Gasteiger partial charge in [-0.25, -0.2) is 9.63 Å². The van der Waals surface area contributed by atoms with Crippen molar-refractivity contribution < 1.29 is 9.90 Å². The fourth-order valence-corrected chi connectivity index (χ4v) is 1.93. The standard InChI is InChI=1S/C4H8ClNO2S2/c1-3(2-6-5)9-10-4(7)8/h3,6H,2H2,1H3,(H,7,8). The third-order valence-corrected chi connectivity index (χ3v) is 3.24. The van der Waals surface area contributed by atoms with E-state index in [1.165, 1.54) is 10.8 Å². The lowest BCUT2D eigenvalue weighted by atomic mass is 10.5. The zero-order valence-corrected chi connectivity index (χ0v) is 7.72. The summed E-state index contributed by atoms with van der Waals surface area (Å²) in [5.41, 5.74) is 0. The van der Waals surface area contributed by atoms with Crippen molar-refractivity contribution in [3.8, 4) is 0 Å². The third kappa shape index (κ3) is 6.54. The lowest BCUT2D eigenvalue weighted by Crippen LogP contribution is -2.12. The first-order chi connectivity index (χ1) is 4.66. The number of hydrogen-bond donors (Lipinski definition) is 2. The van der Waals surface area contributed by atoms with Crippen molar-refractivity contribution in [2.24, 2.45) is 0 Å². The molecule has 0 rings (SSSR count). The molecule has 0 aromatic carbocycles. The molecule has 6 heteroatoms. The van der Waals surface area contributed by atoms with E-state index in [0.29, 0.717) is 6.54 Å². The fourth-order valence-electron chi connectivity index (χ4n) is 0.266. The fraction of sp³-hybridized carbons (Fsp3) is 0.750. The van der Waals surface area contributed by atoms with E-state index in [0.717, 1.165) is 10.8 Å². The highest BCUT2D eigenvalue weighted by Crippen LogP contribution is 2.26. The summed E-state index contributed by atoms with van der Waals surface area (Å²) in [4.78, 5) is 12.4. The minimum atomic E-state index is -0.869. The van der Waals surface area contributed by atoms with Crippen LogP contribution in [-0.4, -0.2) is 22.2 Å². The van der Waals surface area contributed by atoms with E-state index < -0.39 is 5.30 Å². The smallest absolute Gasteiger partial charge is 0.375 e. The number of halogens is 1. The molecule has 0 saturated carbocycles. The maximum absolute atomic E-state index is 10.00. The summed E-state index contributed by atoms with van der Waals surface area (Å²) in [5.74, 6) is 0. The van der Waals surface area contributed by atoms with Crippen molar-refractivity contribution >= 4 is 38.7 Å². The highest BCUT2D eigenvalue weighted by Gasteiger charge is 2.05. The second-order valence-electron chi connectivity index (χ2n) is 1.59. The van der Waals surface area contributed by atoms with Crippen molar-refractivity contribution in [1.82, 2.24) is 4.84 Å². The van der Waals surface area contributed by atoms with Gasteiger partial charge in [-0.15, -0.1) is 0 Å². The number of hydrogen-bond acceptors (Lipinski definition) is 4. The number of carboxylic acid groups (broad SMARTS) is 1. The number of carbonyl (C=O) groups is 1. The van der Waals surface area contributed by atoms with Gasteiger partial charge in [-0.05, 0) is 11.8 Å². The Labute approximate surface area is 72.4 Å². The van der Waals surface area contributed by atoms with Crippen LogP contribution in [0.15, 0.2) is 0 Å². The zero-order chi connectivity index (χ0) is 7.98. The topological polar surface area (TPSA) is 49.3 Å². The molecule has 0 aromatic rings. The van der Waals surface area contributed by atoms with Gasteiger partial charge in [-0.3, -0.25) is 0 Å².